The summed E-state index contributed by atoms with van der Waals surface area (Å²) in [4.78, 5) is 25.8. The van der Waals surface area contributed by atoms with Crippen LogP contribution in [0.15, 0.2) is 65.1 Å². The van der Waals surface area contributed by atoms with Crippen LogP contribution in [0.25, 0.3) is 33.4 Å². The summed E-state index contributed by atoms with van der Waals surface area (Å²) >= 11 is 0. The van der Waals surface area contributed by atoms with E-state index >= 15 is 0 Å². The summed E-state index contributed by atoms with van der Waals surface area (Å²) in [5, 5.41) is 21.5. The van der Waals surface area contributed by atoms with Crippen molar-refractivity contribution in [1.82, 2.24) is 4.90 Å². The number of amides is 1. The minimum atomic E-state index is -0.877. The zero-order valence-electron chi connectivity index (χ0n) is 19.2. The highest BCUT2D eigenvalue weighted by molar-refractivity contribution is 6.09. The first kappa shape index (κ1) is 23.0. The minimum absolute atomic E-state index is 0.0122. The highest BCUT2D eigenvalue weighted by Gasteiger charge is 2.23. The Morgan fingerprint density at radius 2 is 1.85 bits per heavy atom. The van der Waals surface area contributed by atoms with E-state index in [1.807, 2.05) is 49.4 Å². The van der Waals surface area contributed by atoms with E-state index in [1.54, 1.807) is 30.1 Å². The summed E-state index contributed by atoms with van der Waals surface area (Å²) < 4.78 is 6.19. The molecule has 1 amide bonds. The van der Waals surface area contributed by atoms with Gasteiger partial charge in [-0.1, -0.05) is 18.2 Å². The number of anilines is 1. The molecular formula is C27H27N3O4. The second kappa shape index (κ2) is 9.79. The maximum Gasteiger partial charge on any atom is 0.303 e. The zero-order chi connectivity index (χ0) is 24.2. The molecule has 0 saturated carbocycles. The molecule has 7 heteroatoms. The van der Waals surface area contributed by atoms with Crippen LogP contribution in [-0.4, -0.2) is 42.0 Å². The van der Waals surface area contributed by atoms with Gasteiger partial charge in [-0.2, -0.15) is 0 Å². The number of carbonyl (C=O) groups is 2. The van der Waals surface area contributed by atoms with Crippen LogP contribution >= 0.6 is 0 Å². The number of nitrogens with zero attached hydrogens (tertiary/aromatic N) is 1. The van der Waals surface area contributed by atoms with Gasteiger partial charge in [-0.05, 0) is 49.2 Å². The second-order valence-electron chi connectivity index (χ2n) is 8.20. The van der Waals surface area contributed by atoms with Gasteiger partial charge in [0.15, 0.2) is 0 Å². The van der Waals surface area contributed by atoms with Crippen molar-refractivity contribution in [3.8, 4) is 22.5 Å². The molecule has 1 aliphatic carbocycles. The second-order valence-corrected chi connectivity index (χ2v) is 8.20. The number of carbonyl (C=O) groups excluding carboxylic acids is 1. The first-order valence-electron chi connectivity index (χ1n) is 11.2. The summed E-state index contributed by atoms with van der Waals surface area (Å²) in [7, 11) is 1.69. The molecule has 3 N–H and O–H groups in total. The molecule has 0 saturated heterocycles. The van der Waals surface area contributed by atoms with Gasteiger partial charge in [0.1, 0.15) is 11.3 Å². The number of aliphatic carboxylic acids is 1. The standard InChI is InChI=1S/C27H27N3O4/c1-3-29-18-11-13-22-24(16-18)34-23-15-17(28)10-12-21(23)26(22)19-7-4-5-8-20(19)27(33)30(2)14-6-9-25(31)32/h4-5,7-8,10-13,15-16,28-29H,3,6,9,14H2,1-2H3,(H,31,32). The fraction of sp³-hybridized carbons (Fsp3) is 0.222. The molecule has 0 radical (unpaired) electrons. The Kier molecular flexibility index (Phi) is 6.63. The van der Waals surface area contributed by atoms with Crippen LogP contribution in [0.4, 0.5) is 5.69 Å². The number of rotatable bonds is 8. The van der Waals surface area contributed by atoms with E-state index < -0.39 is 5.97 Å². The molecule has 2 aliphatic rings. The normalized spacial score (nSPS) is 11.0. The molecule has 0 spiro atoms. The lowest BCUT2D eigenvalue weighted by Gasteiger charge is -2.21. The van der Waals surface area contributed by atoms with Gasteiger partial charge in [0.05, 0.1) is 5.36 Å². The lowest BCUT2D eigenvalue weighted by atomic mass is 9.90. The number of nitrogens with one attached hydrogen (secondary N) is 2. The van der Waals surface area contributed by atoms with Crippen molar-refractivity contribution in [3.05, 3.63) is 71.6 Å². The van der Waals surface area contributed by atoms with Crippen LogP contribution in [0.5, 0.6) is 0 Å². The Labute approximate surface area is 197 Å². The maximum atomic E-state index is 13.4. The summed E-state index contributed by atoms with van der Waals surface area (Å²) in [5.41, 5.74) is 4.55. The topological polar surface area (TPSA) is 107 Å². The third-order valence-corrected chi connectivity index (χ3v) is 5.76. The van der Waals surface area contributed by atoms with Gasteiger partial charge in [0, 0.05) is 66.5 Å². The number of benzene rings is 3. The molecule has 4 rings (SSSR count). The van der Waals surface area contributed by atoms with Gasteiger partial charge in [0.25, 0.3) is 5.91 Å². The number of carboxylic acids is 1. The fourth-order valence-electron chi connectivity index (χ4n) is 4.16. The molecule has 34 heavy (non-hydrogen) atoms. The smallest absolute Gasteiger partial charge is 0.303 e. The minimum Gasteiger partial charge on any atom is -0.481 e. The van der Waals surface area contributed by atoms with E-state index in [4.69, 9.17) is 14.9 Å². The van der Waals surface area contributed by atoms with Gasteiger partial charge in [-0.15, -0.1) is 0 Å². The van der Waals surface area contributed by atoms with Crippen molar-refractivity contribution in [2.75, 3.05) is 25.5 Å². The van der Waals surface area contributed by atoms with E-state index in [0.29, 0.717) is 35.2 Å². The van der Waals surface area contributed by atoms with Crippen molar-refractivity contribution < 1.29 is 19.1 Å². The number of hydrogen-bond donors (Lipinski definition) is 3. The summed E-state index contributed by atoms with van der Waals surface area (Å²) in [6.07, 6.45) is 0.396. The molecule has 7 nitrogen and oxygen atoms in total. The van der Waals surface area contributed by atoms with Crippen molar-refractivity contribution >= 4 is 28.5 Å². The monoisotopic (exact) mass is 457 g/mol. The first-order valence-corrected chi connectivity index (χ1v) is 11.2. The summed E-state index contributed by atoms with van der Waals surface area (Å²) in [6.45, 7) is 3.14. The van der Waals surface area contributed by atoms with Crippen LogP contribution in [0.2, 0.25) is 0 Å². The van der Waals surface area contributed by atoms with Crippen LogP contribution in [0.3, 0.4) is 0 Å². The van der Waals surface area contributed by atoms with Crippen molar-refractivity contribution in [1.29, 1.82) is 5.41 Å². The van der Waals surface area contributed by atoms with Crippen LogP contribution < -0.4 is 10.7 Å². The first-order chi connectivity index (χ1) is 16.4. The van der Waals surface area contributed by atoms with Gasteiger partial charge in [-0.25, -0.2) is 0 Å². The highest BCUT2D eigenvalue weighted by atomic mass is 16.4. The van der Waals surface area contributed by atoms with Gasteiger partial charge in [-0.3, -0.25) is 9.59 Å². The van der Waals surface area contributed by atoms with E-state index in [1.165, 1.54) is 0 Å². The summed E-state index contributed by atoms with van der Waals surface area (Å²) in [6, 6.07) is 18.6. The Morgan fingerprint density at radius 1 is 1.06 bits per heavy atom. The molecule has 0 bridgehead atoms. The van der Waals surface area contributed by atoms with E-state index in [0.717, 1.165) is 34.3 Å². The van der Waals surface area contributed by atoms with Crippen molar-refractivity contribution in [3.63, 3.8) is 0 Å². The van der Waals surface area contributed by atoms with E-state index in [2.05, 4.69) is 5.32 Å². The number of carboxylic acid groups (broad SMARTS) is 1. The molecule has 0 fully saturated rings. The van der Waals surface area contributed by atoms with Gasteiger partial charge in [0.2, 0.25) is 0 Å². The quantitative estimate of drug-likeness (QED) is 0.321. The largest absolute Gasteiger partial charge is 0.481 e. The number of fused-ring (bicyclic) bond motifs is 2. The molecule has 2 aromatic carbocycles. The Bertz CT molecular complexity index is 1390. The third kappa shape index (κ3) is 4.64. The molecule has 2 aromatic rings. The third-order valence-electron chi connectivity index (χ3n) is 5.76. The average molecular weight is 458 g/mol. The van der Waals surface area contributed by atoms with E-state index in [9.17, 15) is 9.59 Å². The Morgan fingerprint density at radius 3 is 2.62 bits per heavy atom. The Hall–Kier alpha value is -4.13. The van der Waals surface area contributed by atoms with Gasteiger partial charge >= 0.3 is 5.97 Å². The fourth-order valence-corrected chi connectivity index (χ4v) is 4.16. The molecule has 1 heterocycles. The van der Waals surface area contributed by atoms with Gasteiger partial charge < -0.3 is 25.1 Å². The van der Waals surface area contributed by atoms with Crippen LogP contribution in [0.1, 0.15) is 30.1 Å². The molecule has 0 unspecified atom stereocenters. The van der Waals surface area contributed by atoms with Crippen molar-refractivity contribution in [2.45, 2.75) is 19.8 Å². The van der Waals surface area contributed by atoms with Crippen LogP contribution in [0, 0.1) is 5.41 Å². The Balaban J connectivity index is 1.89. The SMILES string of the molecule is CCNc1ccc2c(-c3ccccc3C(=O)N(C)CCCC(=O)O)c3ccc(=N)cc-3oc2c1. The molecular weight excluding hydrogens is 430 g/mol. The van der Waals surface area contributed by atoms with Crippen LogP contribution in [-0.2, 0) is 4.79 Å². The average Bonchev–Trinajstić information content (AvgIpc) is 2.82. The molecule has 1 aliphatic heterocycles. The van der Waals surface area contributed by atoms with E-state index in [-0.39, 0.29) is 12.3 Å². The highest BCUT2D eigenvalue weighted by Crippen LogP contribution is 2.41. The summed E-state index contributed by atoms with van der Waals surface area (Å²) in [5.74, 6) is -0.483. The molecule has 0 atom stereocenters. The predicted molar refractivity (Wildman–Crippen MR) is 132 cm³/mol. The molecule has 0 aromatic heterocycles. The lowest BCUT2D eigenvalue weighted by Crippen LogP contribution is -2.28. The van der Waals surface area contributed by atoms with Crippen molar-refractivity contribution in [2.24, 2.45) is 0 Å². The molecule has 174 valence electrons. The zero-order valence-corrected chi connectivity index (χ0v) is 19.2. The lowest BCUT2D eigenvalue weighted by molar-refractivity contribution is -0.137. The maximum absolute atomic E-state index is 13.4. The predicted octanol–water partition coefficient (Wildman–Crippen LogP) is 5.05. The number of hydrogen-bond acceptors (Lipinski definition) is 5.